The molecule has 2 aromatic carbocycles. The Morgan fingerprint density at radius 3 is 2.44 bits per heavy atom. The van der Waals surface area contributed by atoms with Gasteiger partial charge in [0, 0.05) is 17.2 Å². The first-order chi connectivity index (χ1) is 16.1. The van der Waals surface area contributed by atoms with Gasteiger partial charge < -0.3 is 10.0 Å². The van der Waals surface area contributed by atoms with E-state index in [1.54, 1.807) is 32.2 Å². The molecule has 2 heterocycles. The third kappa shape index (κ3) is 3.53. The third-order valence-electron chi connectivity index (χ3n) is 7.06. The van der Waals surface area contributed by atoms with E-state index in [0.717, 1.165) is 16.7 Å². The number of carbonyl (C=O) groups excluding carboxylic acids is 1. The van der Waals surface area contributed by atoms with Gasteiger partial charge in [-0.3, -0.25) is 9.78 Å². The summed E-state index contributed by atoms with van der Waals surface area (Å²) >= 11 is 0. The van der Waals surface area contributed by atoms with Gasteiger partial charge in [0.15, 0.2) is 0 Å². The van der Waals surface area contributed by atoms with Crippen LogP contribution in [-0.2, 0) is 18.5 Å². The van der Waals surface area contributed by atoms with Crippen LogP contribution in [0.1, 0.15) is 65.5 Å². The van der Waals surface area contributed by atoms with E-state index < -0.39 is 22.7 Å². The fraction of sp³-hybridized carbons (Fsp3) is 0.286. The van der Waals surface area contributed by atoms with Crippen LogP contribution in [0.25, 0.3) is 5.57 Å². The lowest BCUT2D eigenvalue weighted by molar-refractivity contribution is 0.0763. The Hall–Kier alpha value is -3.38. The van der Waals surface area contributed by atoms with Crippen molar-refractivity contribution in [3.8, 4) is 0 Å². The van der Waals surface area contributed by atoms with Crippen LogP contribution in [0.2, 0.25) is 0 Å². The molecule has 5 rings (SSSR count). The smallest absolute Gasteiger partial charge is 0.256 e. The van der Waals surface area contributed by atoms with Crippen molar-refractivity contribution in [1.29, 1.82) is 0 Å². The van der Waals surface area contributed by atoms with E-state index in [1.807, 2.05) is 37.3 Å². The number of hydrogen-bond acceptors (Lipinski definition) is 3. The summed E-state index contributed by atoms with van der Waals surface area (Å²) < 4.78 is 30.7. The molecular formula is C28H26F2N2O2. The summed E-state index contributed by atoms with van der Waals surface area (Å²) in [4.78, 5) is 18.3. The number of amides is 1. The number of fused-ring (bicyclic) bond motifs is 2. The van der Waals surface area contributed by atoms with E-state index in [4.69, 9.17) is 0 Å². The zero-order valence-corrected chi connectivity index (χ0v) is 19.4. The molecule has 6 heteroatoms. The first kappa shape index (κ1) is 22.4. The lowest BCUT2D eigenvalue weighted by atomic mass is 9.66. The van der Waals surface area contributed by atoms with Crippen molar-refractivity contribution >= 4 is 11.5 Å². The molecule has 174 valence electrons. The average Bonchev–Trinajstić information content (AvgIpc) is 3.11. The van der Waals surface area contributed by atoms with Gasteiger partial charge in [0.05, 0.1) is 29.9 Å². The summed E-state index contributed by atoms with van der Waals surface area (Å²) in [6, 6.07) is 13.8. The molecule has 1 aromatic heterocycles. The first-order valence-electron chi connectivity index (χ1n) is 11.3. The molecule has 0 radical (unpaired) electrons. The summed E-state index contributed by atoms with van der Waals surface area (Å²) in [6.45, 7) is 5.50. The number of nitrogens with zero attached hydrogens (tertiary/aromatic N) is 2. The topological polar surface area (TPSA) is 53.4 Å². The molecule has 2 aliphatic rings. The molecule has 1 aliphatic carbocycles. The minimum absolute atomic E-state index is 0.134. The second kappa shape index (κ2) is 7.84. The van der Waals surface area contributed by atoms with E-state index >= 15 is 8.78 Å². The molecule has 1 N–H and O–H groups in total. The van der Waals surface area contributed by atoms with Crippen LogP contribution in [0.4, 0.5) is 8.78 Å². The summed E-state index contributed by atoms with van der Waals surface area (Å²) in [7, 11) is 0. The largest absolute Gasteiger partial charge is 0.386 e. The fourth-order valence-corrected chi connectivity index (χ4v) is 5.15. The Bertz CT molecular complexity index is 1320. The zero-order chi connectivity index (χ0) is 24.3. The van der Waals surface area contributed by atoms with E-state index in [2.05, 4.69) is 4.98 Å². The Morgan fingerprint density at radius 2 is 1.76 bits per heavy atom. The molecule has 0 saturated carbocycles. The maximum absolute atomic E-state index is 15.3. The third-order valence-corrected chi connectivity index (χ3v) is 7.06. The van der Waals surface area contributed by atoms with Gasteiger partial charge in [0.2, 0.25) is 0 Å². The number of aromatic nitrogens is 1. The number of aliphatic hydroxyl groups is 1. The van der Waals surface area contributed by atoms with Gasteiger partial charge in [-0.25, -0.2) is 8.78 Å². The zero-order valence-electron chi connectivity index (χ0n) is 19.4. The van der Waals surface area contributed by atoms with Crippen LogP contribution < -0.4 is 0 Å². The van der Waals surface area contributed by atoms with Crippen molar-refractivity contribution in [1.82, 2.24) is 9.88 Å². The second-order valence-corrected chi connectivity index (χ2v) is 9.84. The predicted octanol–water partition coefficient (Wildman–Crippen LogP) is 5.38. The molecule has 1 aliphatic heterocycles. The number of halogens is 2. The van der Waals surface area contributed by atoms with Crippen molar-refractivity contribution in [2.75, 3.05) is 0 Å². The number of pyridine rings is 1. The SMILES string of the molecule is CC(C)(O)C1=CCC(C)(c2cc(F)c(CN3Cc4ncccc4C3=O)c(F)c2)c2ccccc21. The maximum Gasteiger partial charge on any atom is 0.256 e. The highest BCUT2D eigenvalue weighted by Crippen LogP contribution is 2.46. The van der Waals surface area contributed by atoms with Gasteiger partial charge >= 0.3 is 0 Å². The standard InChI is InChI=1S/C28H26F2N2O2/c1-27(2,34)21-10-11-28(3,22-9-5-4-7-18(21)22)17-13-23(29)20(24(30)14-17)15-32-16-25-19(26(32)33)8-6-12-31-25/h4-10,12-14,34H,11,15-16H2,1-3H3. The van der Waals surface area contributed by atoms with E-state index in [1.165, 1.54) is 17.0 Å². The molecule has 3 aromatic rings. The van der Waals surface area contributed by atoms with Gasteiger partial charge in [0.25, 0.3) is 5.91 Å². The van der Waals surface area contributed by atoms with E-state index in [9.17, 15) is 9.90 Å². The number of carbonyl (C=O) groups is 1. The van der Waals surface area contributed by atoms with Crippen molar-refractivity contribution in [2.24, 2.45) is 0 Å². The lowest BCUT2D eigenvalue weighted by Crippen LogP contribution is -2.32. The Balaban J connectivity index is 1.50. The molecule has 0 fully saturated rings. The Labute approximate surface area is 197 Å². The van der Waals surface area contributed by atoms with Crippen LogP contribution in [0, 0.1) is 11.6 Å². The molecule has 4 nitrogen and oxygen atoms in total. The maximum atomic E-state index is 15.3. The van der Waals surface area contributed by atoms with Gasteiger partial charge in [-0.1, -0.05) is 37.3 Å². The number of benzene rings is 2. The molecule has 1 atom stereocenters. The van der Waals surface area contributed by atoms with Crippen LogP contribution in [0.15, 0.2) is 60.8 Å². The van der Waals surface area contributed by atoms with E-state index in [-0.39, 0.29) is 24.6 Å². The second-order valence-electron chi connectivity index (χ2n) is 9.84. The van der Waals surface area contributed by atoms with Gasteiger partial charge in [0.1, 0.15) is 11.6 Å². The molecule has 1 unspecified atom stereocenters. The normalized spacial score (nSPS) is 19.6. The molecule has 0 saturated heterocycles. The molecular weight excluding hydrogens is 434 g/mol. The van der Waals surface area contributed by atoms with Crippen LogP contribution in [0.5, 0.6) is 0 Å². The summed E-state index contributed by atoms with van der Waals surface area (Å²) in [5.74, 6) is -1.63. The summed E-state index contributed by atoms with van der Waals surface area (Å²) in [5.41, 5.74) is 2.36. The first-order valence-corrected chi connectivity index (χ1v) is 11.3. The summed E-state index contributed by atoms with van der Waals surface area (Å²) in [5, 5.41) is 10.7. The van der Waals surface area contributed by atoms with Crippen molar-refractivity contribution in [3.05, 3.63) is 106 Å². The summed E-state index contributed by atoms with van der Waals surface area (Å²) in [6.07, 6.45) is 4.05. The van der Waals surface area contributed by atoms with Crippen molar-refractivity contribution in [3.63, 3.8) is 0 Å². The fourth-order valence-electron chi connectivity index (χ4n) is 5.15. The van der Waals surface area contributed by atoms with Crippen LogP contribution >= 0.6 is 0 Å². The van der Waals surface area contributed by atoms with Crippen molar-refractivity contribution in [2.45, 2.75) is 51.3 Å². The van der Waals surface area contributed by atoms with E-state index in [0.29, 0.717) is 23.2 Å². The van der Waals surface area contributed by atoms with Gasteiger partial charge in [-0.05, 0) is 66.8 Å². The van der Waals surface area contributed by atoms with Crippen molar-refractivity contribution < 1.29 is 18.7 Å². The van der Waals surface area contributed by atoms with Crippen LogP contribution in [0.3, 0.4) is 0 Å². The Morgan fingerprint density at radius 1 is 1.09 bits per heavy atom. The van der Waals surface area contributed by atoms with Crippen LogP contribution in [-0.4, -0.2) is 26.5 Å². The monoisotopic (exact) mass is 460 g/mol. The highest BCUT2D eigenvalue weighted by atomic mass is 19.1. The number of hydrogen-bond donors (Lipinski definition) is 1. The minimum Gasteiger partial charge on any atom is -0.386 e. The Kier molecular flexibility index (Phi) is 5.17. The highest BCUT2D eigenvalue weighted by molar-refractivity contribution is 5.97. The molecule has 0 bridgehead atoms. The predicted molar refractivity (Wildman–Crippen MR) is 126 cm³/mol. The molecule has 34 heavy (non-hydrogen) atoms. The molecule has 1 amide bonds. The quantitative estimate of drug-likeness (QED) is 0.569. The highest BCUT2D eigenvalue weighted by Gasteiger charge is 2.38. The van der Waals surface area contributed by atoms with Gasteiger partial charge in [-0.15, -0.1) is 0 Å². The molecule has 0 spiro atoms. The lowest BCUT2D eigenvalue weighted by Gasteiger charge is -2.39. The number of allylic oxidation sites excluding steroid dienone is 1. The minimum atomic E-state index is -1.04. The average molecular weight is 461 g/mol. The number of rotatable bonds is 4. The van der Waals surface area contributed by atoms with Gasteiger partial charge in [-0.2, -0.15) is 0 Å².